The minimum atomic E-state index is -3.42. The molecule has 8 nitrogen and oxygen atoms in total. The Morgan fingerprint density at radius 2 is 2.04 bits per heavy atom. The van der Waals surface area contributed by atoms with Crippen molar-refractivity contribution in [3.8, 4) is 0 Å². The van der Waals surface area contributed by atoms with E-state index in [0.29, 0.717) is 23.7 Å². The number of hydrogen-bond donors (Lipinski definition) is 3. The first-order valence-electron chi connectivity index (χ1n) is 8.45. The van der Waals surface area contributed by atoms with Gasteiger partial charge in [-0.2, -0.15) is 11.8 Å². The minimum Gasteiger partial charge on any atom is -0.387 e. The number of carbonyl (C=O) groups is 2. The summed E-state index contributed by atoms with van der Waals surface area (Å²) < 4.78 is 25.3. The van der Waals surface area contributed by atoms with Crippen LogP contribution in [0.25, 0.3) is 0 Å². The Balaban J connectivity index is 2.07. The van der Waals surface area contributed by atoms with Gasteiger partial charge in [-0.25, -0.2) is 8.42 Å². The zero-order chi connectivity index (χ0) is 20.2. The molecule has 0 fully saturated rings. The number of fused-ring (bicyclic) bond motifs is 1. The Labute approximate surface area is 163 Å². The summed E-state index contributed by atoms with van der Waals surface area (Å²) in [6.07, 6.45) is 4.45. The van der Waals surface area contributed by atoms with Crippen LogP contribution in [0.2, 0.25) is 0 Å². The van der Waals surface area contributed by atoms with E-state index < -0.39 is 27.4 Å². The fourth-order valence-corrected chi connectivity index (χ4v) is 4.58. The van der Waals surface area contributed by atoms with E-state index in [9.17, 15) is 23.1 Å². The van der Waals surface area contributed by atoms with Crippen LogP contribution in [0.5, 0.6) is 0 Å². The van der Waals surface area contributed by atoms with Crippen LogP contribution < -0.4 is 14.9 Å². The molecule has 10 heteroatoms. The van der Waals surface area contributed by atoms with E-state index in [1.165, 1.54) is 16.1 Å². The third kappa shape index (κ3) is 5.85. The molecule has 1 atom stereocenters. The van der Waals surface area contributed by atoms with Crippen LogP contribution in [0, 0.1) is 0 Å². The van der Waals surface area contributed by atoms with Crippen molar-refractivity contribution in [2.45, 2.75) is 25.4 Å². The van der Waals surface area contributed by atoms with Gasteiger partial charge >= 0.3 is 11.8 Å². The molecule has 0 aliphatic carbocycles. The van der Waals surface area contributed by atoms with E-state index in [2.05, 4.69) is 10.6 Å². The van der Waals surface area contributed by atoms with E-state index in [1.807, 2.05) is 6.26 Å². The monoisotopic (exact) mass is 415 g/mol. The van der Waals surface area contributed by atoms with Gasteiger partial charge in [-0.1, -0.05) is 6.07 Å². The fourth-order valence-electron chi connectivity index (χ4n) is 2.86. The highest BCUT2D eigenvalue weighted by Crippen LogP contribution is 2.31. The first-order valence-corrected chi connectivity index (χ1v) is 11.7. The molecule has 0 saturated heterocycles. The standard InChI is InChI=1S/C17H25N3O5S2/c1-17(23,11-26-2)10-18-15(21)16(22)19-13-7-6-12-5-4-8-20(14(12)9-13)27(3,24)25/h6-7,9,23H,4-5,8,10-11H2,1-3H3,(H,18,21)(H,19,22). The molecule has 0 aromatic heterocycles. The number of amides is 2. The van der Waals surface area contributed by atoms with E-state index in [-0.39, 0.29) is 6.54 Å². The van der Waals surface area contributed by atoms with Gasteiger partial charge in [0, 0.05) is 24.5 Å². The van der Waals surface area contributed by atoms with Crippen LogP contribution >= 0.6 is 11.8 Å². The Hall–Kier alpha value is -1.78. The predicted molar refractivity (Wildman–Crippen MR) is 108 cm³/mol. The molecule has 2 amide bonds. The zero-order valence-corrected chi connectivity index (χ0v) is 17.2. The summed E-state index contributed by atoms with van der Waals surface area (Å²) in [4.78, 5) is 24.1. The van der Waals surface area contributed by atoms with Crippen molar-refractivity contribution in [2.24, 2.45) is 0 Å². The van der Waals surface area contributed by atoms with Crippen LogP contribution in [0.3, 0.4) is 0 Å². The molecule has 1 aromatic carbocycles. The number of anilines is 2. The number of carbonyl (C=O) groups excluding carboxylic acids is 2. The van der Waals surface area contributed by atoms with E-state index >= 15 is 0 Å². The Kier molecular flexibility index (Phi) is 6.77. The molecule has 2 rings (SSSR count). The number of thioether (sulfide) groups is 1. The maximum atomic E-state index is 12.1. The predicted octanol–water partition coefficient (Wildman–Crippen LogP) is 0.567. The molecule has 0 saturated carbocycles. The lowest BCUT2D eigenvalue weighted by Gasteiger charge is -2.29. The molecule has 1 heterocycles. The molecule has 3 N–H and O–H groups in total. The van der Waals surface area contributed by atoms with Gasteiger partial charge in [-0.15, -0.1) is 0 Å². The lowest BCUT2D eigenvalue weighted by Crippen LogP contribution is -2.45. The fraction of sp³-hybridized carbons (Fsp3) is 0.529. The lowest BCUT2D eigenvalue weighted by atomic mass is 10.0. The number of sulfonamides is 1. The second kappa shape index (κ2) is 8.49. The van der Waals surface area contributed by atoms with Crippen LogP contribution in [-0.4, -0.2) is 62.3 Å². The average molecular weight is 416 g/mol. The SMILES string of the molecule is CSCC(C)(O)CNC(=O)C(=O)Nc1ccc2c(c1)N(S(C)(=O)=O)CCC2. The number of hydrogen-bond acceptors (Lipinski definition) is 6. The minimum absolute atomic E-state index is 0.0495. The van der Waals surface area contributed by atoms with Crippen molar-refractivity contribution >= 4 is 45.0 Å². The van der Waals surface area contributed by atoms with Crippen molar-refractivity contribution in [3.05, 3.63) is 23.8 Å². The highest BCUT2D eigenvalue weighted by molar-refractivity contribution is 7.98. The van der Waals surface area contributed by atoms with Gasteiger partial charge in [-0.05, 0) is 43.7 Å². The lowest BCUT2D eigenvalue weighted by molar-refractivity contribution is -0.136. The first kappa shape index (κ1) is 21.5. The molecule has 1 aromatic rings. The van der Waals surface area contributed by atoms with Gasteiger partial charge in [-0.3, -0.25) is 13.9 Å². The normalized spacial score (nSPS) is 16.2. The number of nitrogens with one attached hydrogen (secondary N) is 2. The van der Waals surface area contributed by atoms with Gasteiger partial charge in [0.2, 0.25) is 10.0 Å². The molecule has 1 aliphatic heterocycles. The summed E-state index contributed by atoms with van der Waals surface area (Å²) in [5, 5.41) is 14.9. The van der Waals surface area contributed by atoms with E-state index in [4.69, 9.17) is 0 Å². The Morgan fingerprint density at radius 1 is 1.33 bits per heavy atom. The van der Waals surface area contributed by atoms with Gasteiger partial charge < -0.3 is 15.7 Å². The van der Waals surface area contributed by atoms with E-state index in [1.54, 1.807) is 25.1 Å². The largest absolute Gasteiger partial charge is 0.387 e. The molecule has 0 spiro atoms. The van der Waals surface area contributed by atoms with Crippen molar-refractivity contribution in [2.75, 3.05) is 41.0 Å². The number of aryl methyl sites for hydroxylation is 1. The summed E-state index contributed by atoms with van der Waals surface area (Å²) in [6, 6.07) is 4.95. The van der Waals surface area contributed by atoms with Crippen LogP contribution in [0.1, 0.15) is 18.9 Å². The molecule has 27 heavy (non-hydrogen) atoms. The van der Waals surface area contributed by atoms with Crippen LogP contribution in [0.4, 0.5) is 11.4 Å². The van der Waals surface area contributed by atoms with Gasteiger partial charge in [0.15, 0.2) is 0 Å². The summed E-state index contributed by atoms with van der Waals surface area (Å²) in [5.74, 6) is -1.33. The van der Waals surface area contributed by atoms with Crippen LogP contribution in [0.15, 0.2) is 18.2 Å². The van der Waals surface area contributed by atoms with Crippen molar-refractivity contribution in [1.29, 1.82) is 0 Å². The van der Waals surface area contributed by atoms with Crippen molar-refractivity contribution < 1.29 is 23.1 Å². The maximum absolute atomic E-state index is 12.1. The molecular formula is C17H25N3O5S2. The Bertz CT molecular complexity index is 824. The molecule has 0 bridgehead atoms. The quantitative estimate of drug-likeness (QED) is 0.585. The van der Waals surface area contributed by atoms with Crippen molar-refractivity contribution in [3.63, 3.8) is 0 Å². The highest BCUT2D eigenvalue weighted by atomic mass is 32.2. The molecule has 0 radical (unpaired) electrons. The molecule has 150 valence electrons. The topological polar surface area (TPSA) is 116 Å². The highest BCUT2D eigenvalue weighted by Gasteiger charge is 2.26. The second-order valence-electron chi connectivity index (χ2n) is 6.85. The number of benzene rings is 1. The van der Waals surface area contributed by atoms with Crippen molar-refractivity contribution in [1.82, 2.24) is 5.32 Å². The zero-order valence-electron chi connectivity index (χ0n) is 15.6. The third-order valence-electron chi connectivity index (χ3n) is 4.11. The maximum Gasteiger partial charge on any atom is 0.313 e. The summed E-state index contributed by atoms with van der Waals surface area (Å²) in [5.41, 5.74) is 0.615. The number of aliphatic hydroxyl groups is 1. The first-order chi connectivity index (χ1) is 12.5. The molecule has 1 unspecified atom stereocenters. The van der Waals surface area contributed by atoms with E-state index in [0.717, 1.165) is 24.7 Å². The summed E-state index contributed by atoms with van der Waals surface area (Å²) >= 11 is 1.43. The number of nitrogens with zero attached hydrogens (tertiary/aromatic N) is 1. The van der Waals surface area contributed by atoms with Crippen LogP contribution in [-0.2, 0) is 26.0 Å². The smallest absolute Gasteiger partial charge is 0.313 e. The second-order valence-corrected chi connectivity index (χ2v) is 9.62. The molecular weight excluding hydrogens is 390 g/mol. The summed E-state index contributed by atoms with van der Waals surface area (Å²) in [7, 11) is -3.42. The Morgan fingerprint density at radius 3 is 2.67 bits per heavy atom. The molecule has 1 aliphatic rings. The van der Waals surface area contributed by atoms with Gasteiger partial charge in [0.05, 0.1) is 17.5 Å². The summed E-state index contributed by atoms with van der Waals surface area (Å²) in [6.45, 7) is 1.91. The van der Waals surface area contributed by atoms with Gasteiger partial charge in [0.1, 0.15) is 0 Å². The third-order valence-corrected chi connectivity index (χ3v) is 6.20. The average Bonchev–Trinajstić information content (AvgIpc) is 2.58. The number of rotatable bonds is 6. The van der Waals surface area contributed by atoms with Gasteiger partial charge in [0.25, 0.3) is 0 Å².